The lowest BCUT2D eigenvalue weighted by atomic mass is 10.2. The van der Waals surface area contributed by atoms with E-state index in [2.05, 4.69) is 15.3 Å². The zero-order chi connectivity index (χ0) is 12.5. The Hall–Kier alpha value is -2.20. The number of hydrogen-bond acceptors (Lipinski definition) is 3. The second-order valence-electron chi connectivity index (χ2n) is 3.99. The number of aromatic amines is 1. The molecule has 0 atom stereocenters. The number of nitrogens with one attached hydrogen (secondary N) is 2. The van der Waals surface area contributed by atoms with Crippen molar-refractivity contribution < 1.29 is 0 Å². The van der Waals surface area contributed by atoms with Crippen molar-refractivity contribution in [3.05, 3.63) is 47.7 Å². The topological polar surface area (TPSA) is 66.7 Å². The van der Waals surface area contributed by atoms with Gasteiger partial charge in [0.05, 0.1) is 28.7 Å². The van der Waals surface area contributed by atoms with Gasteiger partial charge in [-0.25, -0.2) is 4.98 Å². The zero-order valence-corrected chi connectivity index (χ0v) is 10.2. The average Bonchev–Trinajstić information content (AvgIpc) is 2.81. The lowest BCUT2D eigenvalue weighted by Gasteiger charge is -2.09. The number of imidazole rings is 1. The number of H-pyrrole nitrogens is 1. The van der Waals surface area contributed by atoms with Crippen molar-refractivity contribution in [1.29, 1.82) is 0 Å². The Morgan fingerprint density at radius 3 is 2.94 bits per heavy atom. The Balaban J connectivity index is 1.97. The van der Waals surface area contributed by atoms with Crippen molar-refractivity contribution in [2.45, 2.75) is 0 Å². The maximum absolute atomic E-state index is 5.95. The van der Waals surface area contributed by atoms with Crippen LogP contribution in [0.15, 0.2) is 42.7 Å². The molecule has 0 saturated carbocycles. The van der Waals surface area contributed by atoms with Crippen LogP contribution in [0.25, 0.3) is 11.0 Å². The van der Waals surface area contributed by atoms with Gasteiger partial charge in [-0.15, -0.1) is 0 Å². The molecular formula is C13H11ClN4. The molecule has 0 fully saturated rings. The molecule has 4 N–H and O–H groups in total. The van der Waals surface area contributed by atoms with Crippen LogP contribution >= 0.6 is 11.6 Å². The van der Waals surface area contributed by atoms with Gasteiger partial charge in [0.1, 0.15) is 0 Å². The third kappa shape index (κ3) is 1.98. The van der Waals surface area contributed by atoms with Gasteiger partial charge in [0.25, 0.3) is 0 Å². The summed E-state index contributed by atoms with van der Waals surface area (Å²) in [6.45, 7) is 0. The number of nitrogen functional groups attached to an aromatic ring is 1. The van der Waals surface area contributed by atoms with E-state index in [1.807, 2.05) is 18.2 Å². The smallest absolute Gasteiger partial charge is 0.0931 e. The summed E-state index contributed by atoms with van der Waals surface area (Å²) in [5, 5.41) is 3.89. The molecule has 0 aliphatic rings. The van der Waals surface area contributed by atoms with E-state index in [0.717, 1.165) is 22.4 Å². The Kier molecular flexibility index (Phi) is 2.57. The second-order valence-corrected chi connectivity index (χ2v) is 4.43. The number of nitrogens with two attached hydrogens (primary N) is 1. The molecule has 4 nitrogen and oxygen atoms in total. The summed E-state index contributed by atoms with van der Waals surface area (Å²) in [7, 11) is 0. The predicted molar refractivity (Wildman–Crippen MR) is 75.2 cm³/mol. The number of anilines is 3. The largest absolute Gasteiger partial charge is 0.397 e. The number of benzene rings is 2. The third-order valence-electron chi connectivity index (χ3n) is 2.71. The lowest BCUT2D eigenvalue weighted by Crippen LogP contribution is -1.96. The first-order valence-corrected chi connectivity index (χ1v) is 5.85. The standard InChI is InChI=1S/C13H11ClN4/c14-8-1-3-10(15)12(5-8)18-9-2-4-11-13(6-9)17-7-16-11/h1-7,18H,15H2,(H,16,17). The fraction of sp³-hybridized carbons (Fsp3) is 0. The molecule has 0 saturated heterocycles. The van der Waals surface area contributed by atoms with E-state index in [4.69, 9.17) is 17.3 Å². The molecule has 0 amide bonds. The molecule has 0 spiro atoms. The molecule has 0 bridgehead atoms. The van der Waals surface area contributed by atoms with Gasteiger partial charge in [-0.05, 0) is 36.4 Å². The van der Waals surface area contributed by atoms with Gasteiger partial charge < -0.3 is 16.0 Å². The van der Waals surface area contributed by atoms with Crippen molar-refractivity contribution in [3.63, 3.8) is 0 Å². The number of fused-ring (bicyclic) bond motifs is 1. The van der Waals surface area contributed by atoms with E-state index in [1.165, 1.54) is 0 Å². The van der Waals surface area contributed by atoms with Crippen LogP contribution < -0.4 is 11.1 Å². The fourth-order valence-corrected chi connectivity index (χ4v) is 1.98. The number of aromatic nitrogens is 2. The zero-order valence-electron chi connectivity index (χ0n) is 9.44. The molecule has 0 aliphatic heterocycles. The molecule has 5 heteroatoms. The summed E-state index contributed by atoms with van der Waals surface area (Å²) in [6, 6.07) is 11.2. The van der Waals surface area contributed by atoms with Crippen LogP contribution in [0.4, 0.5) is 17.1 Å². The van der Waals surface area contributed by atoms with Crippen LogP contribution in [0.5, 0.6) is 0 Å². The Labute approximate surface area is 109 Å². The molecular weight excluding hydrogens is 248 g/mol. The van der Waals surface area contributed by atoms with Crippen molar-refractivity contribution in [2.24, 2.45) is 0 Å². The van der Waals surface area contributed by atoms with Crippen molar-refractivity contribution >= 4 is 39.7 Å². The summed E-state index contributed by atoms with van der Waals surface area (Å²) in [6.07, 6.45) is 1.67. The first kappa shape index (κ1) is 10.9. The Morgan fingerprint density at radius 1 is 1.17 bits per heavy atom. The highest BCUT2D eigenvalue weighted by atomic mass is 35.5. The molecule has 0 aliphatic carbocycles. The molecule has 3 aromatic rings. The SMILES string of the molecule is Nc1ccc(Cl)cc1Nc1ccc2nc[nH]c2c1. The molecule has 3 rings (SSSR count). The maximum Gasteiger partial charge on any atom is 0.0931 e. The lowest BCUT2D eigenvalue weighted by molar-refractivity contribution is 1.34. The summed E-state index contributed by atoms with van der Waals surface area (Å²) >= 11 is 5.95. The van der Waals surface area contributed by atoms with E-state index in [9.17, 15) is 0 Å². The molecule has 1 heterocycles. The first-order chi connectivity index (χ1) is 8.72. The van der Waals surface area contributed by atoms with E-state index in [-0.39, 0.29) is 0 Å². The van der Waals surface area contributed by atoms with Gasteiger partial charge in [0.2, 0.25) is 0 Å². The van der Waals surface area contributed by atoms with Crippen LogP contribution in [-0.2, 0) is 0 Å². The summed E-state index contributed by atoms with van der Waals surface area (Å²) in [5.74, 6) is 0. The van der Waals surface area contributed by atoms with E-state index in [1.54, 1.807) is 24.5 Å². The maximum atomic E-state index is 5.95. The fourth-order valence-electron chi connectivity index (χ4n) is 1.81. The van der Waals surface area contributed by atoms with Gasteiger partial charge in [0, 0.05) is 10.7 Å². The van der Waals surface area contributed by atoms with Crippen molar-refractivity contribution in [2.75, 3.05) is 11.1 Å². The second kappa shape index (κ2) is 4.23. The quantitative estimate of drug-likeness (QED) is 0.616. The van der Waals surface area contributed by atoms with Crippen LogP contribution in [0.3, 0.4) is 0 Å². The number of nitrogens with zero attached hydrogens (tertiary/aromatic N) is 1. The molecule has 1 aromatic heterocycles. The van der Waals surface area contributed by atoms with E-state index in [0.29, 0.717) is 10.7 Å². The molecule has 2 aromatic carbocycles. The molecule has 90 valence electrons. The highest BCUT2D eigenvalue weighted by molar-refractivity contribution is 6.31. The molecule has 0 radical (unpaired) electrons. The highest BCUT2D eigenvalue weighted by Crippen LogP contribution is 2.27. The number of rotatable bonds is 2. The number of hydrogen-bond donors (Lipinski definition) is 3. The van der Waals surface area contributed by atoms with Crippen LogP contribution in [0.2, 0.25) is 5.02 Å². The Morgan fingerprint density at radius 2 is 2.06 bits per heavy atom. The summed E-state index contributed by atoms with van der Waals surface area (Å²) < 4.78 is 0. The first-order valence-electron chi connectivity index (χ1n) is 5.47. The van der Waals surface area contributed by atoms with Gasteiger partial charge in [0.15, 0.2) is 0 Å². The predicted octanol–water partition coefficient (Wildman–Crippen LogP) is 3.54. The van der Waals surface area contributed by atoms with Gasteiger partial charge in [-0.1, -0.05) is 11.6 Å². The Bertz CT molecular complexity index is 705. The minimum atomic E-state index is 0.648. The normalized spacial score (nSPS) is 10.7. The average molecular weight is 259 g/mol. The third-order valence-corrected chi connectivity index (χ3v) is 2.95. The van der Waals surface area contributed by atoms with Gasteiger partial charge in [-0.3, -0.25) is 0 Å². The summed E-state index contributed by atoms with van der Waals surface area (Å²) in [5.41, 5.74) is 10.2. The highest BCUT2D eigenvalue weighted by Gasteiger charge is 2.02. The van der Waals surface area contributed by atoms with Crippen LogP contribution in [-0.4, -0.2) is 9.97 Å². The van der Waals surface area contributed by atoms with Gasteiger partial charge in [-0.2, -0.15) is 0 Å². The number of halogens is 1. The van der Waals surface area contributed by atoms with Crippen LogP contribution in [0.1, 0.15) is 0 Å². The minimum Gasteiger partial charge on any atom is -0.397 e. The van der Waals surface area contributed by atoms with Crippen molar-refractivity contribution in [1.82, 2.24) is 9.97 Å². The van der Waals surface area contributed by atoms with Gasteiger partial charge >= 0.3 is 0 Å². The van der Waals surface area contributed by atoms with Crippen LogP contribution in [0, 0.1) is 0 Å². The van der Waals surface area contributed by atoms with Crippen molar-refractivity contribution in [3.8, 4) is 0 Å². The monoisotopic (exact) mass is 258 g/mol. The van der Waals surface area contributed by atoms with E-state index < -0.39 is 0 Å². The van der Waals surface area contributed by atoms with E-state index >= 15 is 0 Å². The molecule has 18 heavy (non-hydrogen) atoms. The molecule has 0 unspecified atom stereocenters. The summed E-state index contributed by atoms with van der Waals surface area (Å²) in [4.78, 5) is 7.23. The minimum absolute atomic E-state index is 0.648.